The first-order valence-corrected chi connectivity index (χ1v) is 8.39. The van der Waals surface area contributed by atoms with Crippen LogP contribution in [0.4, 0.5) is 0 Å². The molecule has 1 aromatic carbocycles. The molecule has 0 aromatic heterocycles. The second-order valence-electron chi connectivity index (χ2n) is 5.49. The first-order valence-electron chi connectivity index (χ1n) is 6.95. The smallest absolute Gasteiger partial charge is 0.243 e. The third-order valence-corrected chi connectivity index (χ3v) is 5.75. The van der Waals surface area contributed by atoms with Crippen LogP contribution in [-0.4, -0.2) is 44.6 Å². The second kappa shape index (κ2) is 5.82. The molecule has 1 aromatic rings. The van der Waals surface area contributed by atoms with Gasteiger partial charge in [0.1, 0.15) is 13.2 Å². The van der Waals surface area contributed by atoms with Crippen LogP contribution in [-0.2, 0) is 10.0 Å². The van der Waals surface area contributed by atoms with Crippen molar-refractivity contribution in [2.24, 2.45) is 5.73 Å². The van der Waals surface area contributed by atoms with Gasteiger partial charge in [-0.15, -0.1) is 0 Å². The molecule has 21 heavy (non-hydrogen) atoms. The largest absolute Gasteiger partial charge is 0.486 e. The Morgan fingerprint density at radius 1 is 1.24 bits per heavy atom. The first-order chi connectivity index (χ1) is 9.82. The third-order valence-electron chi connectivity index (χ3n) is 3.56. The molecule has 0 radical (unpaired) electrons. The number of likely N-dealkylation sites (N-methyl/N-ethyl adjacent to an activating group) is 1. The van der Waals surface area contributed by atoms with Crippen molar-refractivity contribution in [2.45, 2.75) is 31.2 Å². The highest BCUT2D eigenvalue weighted by molar-refractivity contribution is 7.89. The minimum absolute atomic E-state index is 0.190. The van der Waals surface area contributed by atoms with Gasteiger partial charge in [0, 0.05) is 24.7 Å². The molecular weight excluding hydrogens is 292 g/mol. The van der Waals surface area contributed by atoms with E-state index in [2.05, 4.69) is 0 Å². The van der Waals surface area contributed by atoms with Gasteiger partial charge in [-0.05, 0) is 26.0 Å². The lowest BCUT2D eigenvalue weighted by Crippen LogP contribution is -2.51. The van der Waals surface area contributed by atoms with Gasteiger partial charge in [-0.1, -0.05) is 6.92 Å². The minimum atomic E-state index is -3.64. The summed E-state index contributed by atoms with van der Waals surface area (Å²) in [6.07, 6.45) is 0. The number of nitrogens with two attached hydrogens (primary N) is 1. The van der Waals surface area contributed by atoms with Gasteiger partial charge < -0.3 is 15.2 Å². The van der Waals surface area contributed by atoms with Crippen LogP contribution in [0.25, 0.3) is 0 Å². The molecule has 1 heterocycles. The van der Waals surface area contributed by atoms with Gasteiger partial charge in [-0.3, -0.25) is 0 Å². The Bertz CT molecular complexity index is 613. The van der Waals surface area contributed by atoms with Crippen molar-refractivity contribution in [3.8, 4) is 11.5 Å². The zero-order chi connectivity index (χ0) is 15.7. The number of nitrogens with zero attached hydrogens (tertiary/aromatic N) is 1. The van der Waals surface area contributed by atoms with Gasteiger partial charge in [0.05, 0.1) is 4.90 Å². The molecule has 0 unspecified atom stereocenters. The van der Waals surface area contributed by atoms with Crippen molar-refractivity contribution in [3.05, 3.63) is 18.2 Å². The number of sulfonamides is 1. The number of ether oxygens (including phenoxy) is 2. The minimum Gasteiger partial charge on any atom is -0.486 e. The molecule has 0 amide bonds. The Labute approximate surface area is 125 Å². The highest BCUT2D eigenvalue weighted by Crippen LogP contribution is 2.34. The molecule has 7 heteroatoms. The van der Waals surface area contributed by atoms with E-state index in [1.54, 1.807) is 13.0 Å². The topological polar surface area (TPSA) is 81.9 Å². The number of fused-ring (bicyclic) bond motifs is 1. The molecule has 1 aliphatic heterocycles. The van der Waals surface area contributed by atoms with Crippen LogP contribution in [0.2, 0.25) is 0 Å². The van der Waals surface area contributed by atoms with Gasteiger partial charge in [-0.2, -0.15) is 4.31 Å². The van der Waals surface area contributed by atoms with E-state index in [0.29, 0.717) is 31.3 Å². The fraction of sp³-hybridized carbons (Fsp3) is 0.571. The van der Waals surface area contributed by atoms with E-state index in [1.807, 2.05) is 13.8 Å². The lowest BCUT2D eigenvalue weighted by molar-refractivity contribution is 0.171. The van der Waals surface area contributed by atoms with E-state index in [9.17, 15) is 8.42 Å². The molecule has 0 spiro atoms. The SMILES string of the molecule is CCN(C(C)(C)CN)S(=O)(=O)c1ccc2c(c1)OCCO2. The molecule has 118 valence electrons. The zero-order valence-corrected chi connectivity index (χ0v) is 13.4. The third kappa shape index (κ3) is 3.00. The van der Waals surface area contributed by atoms with E-state index >= 15 is 0 Å². The Balaban J connectivity index is 2.43. The quantitative estimate of drug-likeness (QED) is 0.883. The summed E-state index contributed by atoms with van der Waals surface area (Å²) >= 11 is 0. The Morgan fingerprint density at radius 2 is 1.86 bits per heavy atom. The van der Waals surface area contributed by atoms with Gasteiger partial charge >= 0.3 is 0 Å². The number of hydrogen-bond donors (Lipinski definition) is 1. The summed E-state index contributed by atoms with van der Waals surface area (Å²) in [6.45, 7) is 6.90. The van der Waals surface area contributed by atoms with Gasteiger partial charge in [0.2, 0.25) is 10.0 Å². The Kier molecular flexibility index (Phi) is 4.46. The zero-order valence-electron chi connectivity index (χ0n) is 12.6. The molecule has 2 rings (SSSR count). The fourth-order valence-electron chi connectivity index (χ4n) is 2.34. The lowest BCUT2D eigenvalue weighted by Gasteiger charge is -2.35. The monoisotopic (exact) mass is 314 g/mol. The van der Waals surface area contributed by atoms with E-state index in [-0.39, 0.29) is 11.4 Å². The van der Waals surface area contributed by atoms with Crippen molar-refractivity contribution in [2.75, 3.05) is 26.3 Å². The molecule has 2 N–H and O–H groups in total. The Hall–Kier alpha value is -1.31. The summed E-state index contributed by atoms with van der Waals surface area (Å²) in [7, 11) is -3.64. The molecule has 0 atom stereocenters. The van der Waals surface area contributed by atoms with Crippen molar-refractivity contribution in [1.29, 1.82) is 0 Å². The van der Waals surface area contributed by atoms with E-state index in [4.69, 9.17) is 15.2 Å². The summed E-state index contributed by atoms with van der Waals surface area (Å²) < 4.78 is 37.9. The fourth-order valence-corrected chi connectivity index (χ4v) is 4.15. The van der Waals surface area contributed by atoms with Gasteiger partial charge in [0.15, 0.2) is 11.5 Å². The van der Waals surface area contributed by atoms with Gasteiger partial charge in [-0.25, -0.2) is 8.42 Å². The molecule has 1 aliphatic rings. The predicted molar refractivity (Wildman–Crippen MR) is 80.1 cm³/mol. The van der Waals surface area contributed by atoms with Gasteiger partial charge in [0.25, 0.3) is 0 Å². The molecule has 0 bridgehead atoms. The highest BCUT2D eigenvalue weighted by Gasteiger charge is 2.35. The van der Waals surface area contributed by atoms with E-state index < -0.39 is 15.6 Å². The number of hydrogen-bond acceptors (Lipinski definition) is 5. The van der Waals surface area contributed by atoms with Crippen LogP contribution in [0.3, 0.4) is 0 Å². The molecular formula is C14H22N2O4S. The van der Waals surface area contributed by atoms with Crippen LogP contribution in [0, 0.1) is 0 Å². The first kappa shape index (κ1) is 16.1. The van der Waals surface area contributed by atoms with Crippen LogP contribution in [0.5, 0.6) is 11.5 Å². The van der Waals surface area contributed by atoms with Crippen molar-refractivity contribution >= 4 is 10.0 Å². The predicted octanol–water partition coefficient (Wildman–Crippen LogP) is 1.21. The molecule has 6 nitrogen and oxygen atoms in total. The molecule has 0 saturated carbocycles. The molecule has 0 fully saturated rings. The average Bonchev–Trinajstić information content (AvgIpc) is 2.46. The van der Waals surface area contributed by atoms with Crippen LogP contribution in [0.1, 0.15) is 20.8 Å². The maximum Gasteiger partial charge on any atom is 0.243 e. The van der Waals surface area contributed by atoms with Crippen molar-refractivity contribution in [3.63, 3.8) is 0 Å². The summed E-state index contributed by atoms with van der Waals surface area (Å²) in [6, 6.07) is 4.68. The second-order valence-corrected chi connectivity index (χ2v) is 7.35. The maximum atomic E-state index is 12.8. The maximum absolute atomic E-state index is 12.8. The van der Waals surface area contributed by atoms with E-state index in [0.717, 1.165) is 0 Å². The summed E-state index contributed by atoms with van der Waals surface area (Å²) in [5.41, 5.74) is 5.07. The van der Waals surface area contributed by atoms with Crippen LogP contribution < -0.4 is 15.2 Å². The summed E-state index contributed by atoms with van der Waals surface area (Å²) in [4.78, 5) is 0.190. The van der Waals surface area contributed by atoms with Crippen molar-refractivity contribution < 1.29 is 17.9 Å². The Morgan fingerprint density at radius 3 is 2.43 bits per heavy atom. The molecule has 0 aliphatic carbocycles. The van der Waals surface area contributed by atoms with Crippen LogP contribution in [0.15, 0.2) is 23.1 Å². The van der Waals surface area contributed by atoms with Crippen LogP contribution >= 0.6 is 0 Å². The highest BCUT2D eigenvalue weighted by atomic mass is 32.2. The lowest BCUT2D eigenvalue weighted by atomic mass is 10.1. The number of rotatable bonds is 5. The number of benzene rings is 1. The summed E-state index contributed by atoms with van der Waals surface area (Å²) in [5, 5.41) is 0. The normalized spacial score (nSPS) is 15.3. The molecule has 0 saturated heterocycles. The van der Waals surface area contributed by atoms with E-state index in [1.165, 1.54) is 16.4 Å². The van der Waals surface area contributed by atoms with Crippen molar-refractivity contribution in [1.82, 2.24) is 4.31 Å². The summed E-state index contributed by atoms with van der Waals surface area (Å²) in [5.74, 6) is 1.03. The average molecular weight is 314 g/mol. The standard InChI is InChI=1S/C14H22N2O4S/c1-4-16(14(2,3)10-15)21(17,18)11-5-6-12-13(9-11)20-8-7-19-12/h5-6,9H,4,7-8,10,15H2,1-3H3.